The molecule has 0 radical (unpaired) electrons. The molecule has 3 nitrogen and oxygen atoms in total. The summed E-state index contributed by atoms with van der Waals surface area (Å²) in [6, 6.07) is 0. The highest BCUT2D eigenvalue weighted by atomic mass is 32.1. The molecule has 1 heterocycles. The summed E-state index contributed by atoms with van der Waals surface area (Å²) in [7, 11) is 0. The second kappa shape index (κ2) is 2.04. The first-order valence-electron chi connectivity index (χ1n) is 2.66. The first-order valence-corrected chi connectivity index (χ1v) is 3.50. The molecule has 1 rings (SSSR count). The lowest BCUT2D eigenvalue weighted by molar-refractivity contribution is 0.522. The number of hydrogen-bond donors (Lipinski definition) is 1. The van der Waals surface area contributed by atoms with Crippen molar-refractivity contribution >= 4 is 11.5 Å². The number of rotatable bonds is 1. The molecule has 0 aliphatic carbocycles. The molecular weight excluding hydrogens is 134 g/mol. The van der Waals surface area contributed by atoms with Gasteiger partial charge in [0.2, 0.25) is 0 Å². The van der Waals surface area contributed by atoms with Crippen LogP contribution in [0.3, 0.4) is 0 Å². The van der Waals surface area contributed by atoms with Crippen LogP contribution in [0.2, 0.25) is 0 Å². The zero-order valence-corrected chi connectivity index (χ0v) is 6.27. The van der Waals surface area contributed by atoms with Crippen LogP contribution in [0.4, 0.5) is 0 Å². The lowest BCUT2D eigenvalue weighted by Gasteiger charge is -2.12. The average Bonchev–Trinajstić information content (AvgIpc) is 2.08. The summed E-state index contributed by atoms with van der Waals surface area (Å²) in [5, 5.41) is 0. The van der Waals surface area contributed by atoms with Gasteiger partial charge in [0.25, 0.3) is 0 Å². The van der Waals surface area contributed by atoms with Gasteiger partial charge in [0.1, 0.15) is 5.51 Å². The Morgan fingerprint density at radius 3 is 2.56 bits per heavy atom. The van der Waals surface area contributed by atoms with Crippen LogP contribution in [0.15, 0.2) is 5.51 Å². The van der Waals surface area contributed by atoms with Crippen molar-refractivity contribution in [1.82, 2.24) is 9.36 Å². The highest BCUT2D eigenvalue weighted by Gasteiger charge is 2.17. The zero-order chi connectivity index (χ0) is 6.91. The summed E-state index contributed by atoms with van der Waals surface area (Å²) >= 11 is 1.33. The number of hydrogen-bond acceptors (Lipinski definition) is 4. The van der Waals surface area contributed by atoms with Gasteiger partial charge in [-0.1, -0.05) is 0 Å². The van der Waals surface area contributed by atoms with Gasteiger partial charge in [-0.05, 0) is 25.4 Å². The standard InChI is InChI=1S/C5H9N3S/c1-5(2,6)4-7-3-9-8-4/h3H,6H2,1-2H3. The summed E-state index contributed by atoms with van der Waals surface area (Å²) in [5.74, 6) is 0.715. The Balaban J connectivity index is 2.90. The molecule has 0 saturated heterocycles. The van der Waals surface area contributed by atoms with Crippen LogP contribution in [0.1, 0.15) is 19.7 Å². The predicted octanol–water partition coefficient (Wildman–Crippen LogP) is 0.732. The van der Waals surface area contributed by atoms with E-state index in [1.54, 1.807) is 5.51 Å². The van der Waals surface area contributed by atoms with Crippen LogP contribution >= 0.6 is 11.5 Å². The van der Waals surface area contributed by atoms with Gasteiger partial charge < -0.3 is 5.73 Å². The van der Waals surface area contributed by atoms with Gasteiger partial charge >= 0.3 is 0 Å². The smallest absolute Gasteiger partial charge is 0.161 e. The number of nitrogens with two attached hydrogens (primary N) is 1. The highest BCUT2D eigenvalue weighted by Crippen LogP contribution is 2.11. The number of nitrogens with zero attached hydrogens (tertiary/aromatic N) is 2. The third-order valence-corrected chi connectivity index (χ3v) is 1.42. The van der Waals surface area contributed by atoms with E-state index >= 15 is 0 Å². The Labute approximate surface area is 58.1 Å². The van der Waals surface area contributed by atoms with Gasteiger partial charge in [0, 0.05) is 0 Å². The molecule has 0 atom stereocenters. The van der Waals surface area contributed by atoms with Crippen LogP contribution in [0.5, 0.6) is 0 Å². The topological polar surface area (TPSA) is 51.8 Å². The van der Waals surface area contributed by atoms with Crippen LogP contribution in [-0.2, 0) is 5.54 Å². The third-order valence-electron chi connectivity index (χ3n) is 0.938. The third kappa shape index (κ3) is 1.46. The summed E-state index contributed by atoms with van der Waals surface area (Å²) in [6.07, 6.45) is 0. The summed E-state index contributed by atoms with van der Waals surface area (Å²) < 4.78 is 3.99. The lowest BCUT2D eigenvalue weighted by Crippen LogP contribution is -2.29. The molecule has 0 aliphatic heterocycles. The molecule has 0 unspecified atom stereocenters. The Bertz CT molecular complexity index is 175. The maximum Gasteiger partial charge on any atom is 0.161 e. The van der Waals surface area contributed by atoms with Gasteiger partial charge in [-0.2, -0.15) is 4.37 Å². The van der Waals surface area contributed by atoms with Crippen molar-refractivity contribution < 1.29 is 0 Å². The largest absolute Gasteiger partial charge is 0.319 e. The van der Waals surface area contributed by atoms with E-state index in [9.17, 15) is 0 Å². The van der Waals surface area contributed by atoms with Gasteiger partial charge in [-0.3, -0.25) is 0 Å². The SMILES string of the molecule is CC(C)(N)c1ncsn1. The minimum Gasteiger partial charge on any atom is -0.319 e. The van der Waals surface area contributed by atoms with Gasteiger partial charge in [-0.25, -0.2) is 4.98 Å². The lowest BCUT2D eigenvalue weighted by atomic mass is 10.1. The maximum atomic E-state index is 5.68. The Hall–Kier alpha value is -0.480. The second-order valence-electron chi connectivity index (χ2n) is 2.48. The van der Waals surface area contributed by atoms with Gasteiger partial charge in [0.05, 0.1) is 5.54 Å². The Morgan fingerprint density at radius 2 is 2.33 bits per heavy atom. The molecule has 1 aromatic rings. The maximum absolute atomic E-state index is 5.68. The molecule has 0 fully saturated rings. The molecule has 9 heavy (non-hydrogen) atoms. The van der Waals surface area contributed by atoms with Crippen molar-refractivity contribution in [2.45, 2.75) is 19.4 Å². The molecule has 0 aromatic carbocycles. The first kappa shape index (κ1) is 6.64. The molecule has 0 bridgehead atoms. The number of aromatic nitrogens is 2. The quantitative estimate of drug-likeness (QED) is 0.630. The molecule has 4 heteroatoms. The normalized spacial score (nSPS) is 11.9. The van der Waals surface area contributed by atoms with Gasteiger partial charge in [-0.15, -0.1) is 0 Å². The summed E-state index contributed by atoms with van der Waals surface area (Å²) in [6.45, 7) is 3.77. The van der Waals surface area contributed by atoms with Crippen molar-refractivity contribution in [1.29, 1.82) is 0 Å². The fourth-order valence-electron chi connectivity index (χ4n) is 0.455. The molecule has 2 N–H and O–H groups in total. The van der Waals surface area contributed by atoms with Crippen LogP contribution in [0.25, 0.3) is 0 Å². The fraction of sp³-hybridized carbons (Fsp3) is 0.600. The van der Waals surface area contributed by atoms with Crippen molar-refractivity contribution in [3.63, 3.8) is 0 Å². The van der Waals surface area contributed by atoms with Crippen molar-refractivity contribution in [3.8, 4) is 0 Å². The van der Waals surface area contributed by atoms with E-state index < -0.39 is 0 Å². The van der Waals surface area contributed by atoms with E-state index in [-0.39, 0.29) is 5.54 Å². The molecule has 0 aliphatic rings. The summed E-state index contributed by atoms with van der Waals surface area (Å²) in [4.78, 5) is 3.97. The van der Waals surface area contributed by atoms with Gasteiger partial charge in [0.15, 0.2) is 5.82 Å². The van der Waals surface area contributed by atoms with Crippen LogP contribution in [0, 0.1) is 0 Å². The summed E-state index contributed by atoms with van der Waals surface area (Å²) in [5.41, 5.74) is 6.98. The highest BCUT2D eigenvalue weighted by molar-refractivity contribution is 7.03. The van der Waals surface area contributed by atoms with Crippen molar-refractivity contribution in [2.75, 3.05) is 0 Å². The second-order valence-corrected chi connectivity index (χ2v) is 3.08. The molecule has 50 valence electrons. The van der Waals surface area contributed by atoms with Crippen LogP contribution < -0.4 is 5.73 Å². The molecular formula is C5H9N3S. The van der Waals surface area contributed by atoms with Crippen LogP contribution in [-0.4, -0.2) is 9.36 Å². The molecule has 1 aromatic heterocycles. The van der Waals surface area contributed by atoms with E-state index in [0.717, 1.165) is 0 Å². The minimum absolute atomic E-state index is 0.389. The molecule has 0 amide bonds. The first-order chi connectivity index (χ1) is 4.11. The minimum atomic E-state index is -0.389. The monoisotopic (exact) mass is 143 g/mol. The molecule has 0 spiro atoms. The Kier molecular flexibility index (Phi) is 1.50. The Morgan fingerprint density at radius 1 is 1.67 bits per heavy atom. The van der Waals surface area contributed by atoms with E-state index in [1.807, 2.05) is 13.8 Å². The van der Waals surface area contributed by atoms with E-state index in [2.05, 4.69) is 9.36 Å². The fourth-order valence-corrected chi connectivity index (χ4v) is 1.03. The van der Waals surface area contributed by atoms with E-state index in [0.29, 0.717) is 5.82 Å². The predicted molar refractivity (Wildman–Crippen MR) is 37.1 cm³/mol. The zero-order valence-electron chi connectivity index (χ0n) is 5.46. The van der Waals surface area contributed by atoms with Crippen molar-refractivity contribution in [2.24, 2.45) is 5.73 Å². The molecule has 0 saturated carbocycles. The van der Waals surface area contributed by atoms with E-state index in [4.69, 9.17) is 5.73 Å². The van der Waals surface area contributed by atoms with E-state index in [1.165, 1.54) is 11.5 Å². The average molecular weight is 143 g/mol. The van der Waals surface area contributed by atoms with Crippen molar-refractivity contribution in [3.05, 3.63) is 11.3 Å².